The predicted molar refractivity (Wildman–Crippen MR) is 116 cm³/mol. The van der Waals surface area contributed by atoms with Gasteiger partial charge < -0.3 is 18.9 Å². The molecule has 8 heteroatoms. The summed E-state index contributed by atoms with van der Waals surface area (Å²) >= 11 is 0. The second kappa shape index (κ2) is 10.2. The maximum atomic E-state index is 12.1. The molecule has 0 saturated carbocycles. The van der Waals surface area contributed by atoms with Crippen LogP contribution in [0.15, 0.2) is 69.4 Å². The number of oxime groups is 2. The molecule has 8 nitrogen and oxygen atoms in total. The highest BCUT2D eigenvalue weighted by Gasteiger charge is 2.20. The highest BCUT2D eigenvalue weighted by atomic mass is 16.6. The van der Waals surface area contributed by atoms with Gasteiger partial charge in [0.05, 0.1) is 7.11 Å². The first-order chi connectivity index (χ1) is 15.0. The van der Waals surface area contributed by atoms with Gasteiger partial charge in [-0.2, -0.15) is 0 Å². The van der Waals surface area contributed by atoms with Crippen LogP contribution < -0.4 is 0 Å². The maximum absolute atomic E-state index is 12.1. The number of nitrogens with zero attached hydrogens (tertiary/aromatic N) is 3. The Morgan fingerprint density at radius 1 is 1.06 bits per heavy atom. The predicted octanol–water partition coefficient (Wildman–Crippen LogP) is 4.11. The number of hydrogen-bond donors (Lipinski definition) is 0. The molecule has 0 N–H and O–H groups in total. The molecule has 0 bridgehead atoms. The number of aryl methyl sites for hydroxylation is 1. The lowest BCUT2D eigenvalue weighted by molar-refractivity contribution is -0.132. The monoisotopic (exact) mass is 421 g/mol. The molecule has 0 atom stereocenters. The highest BCUT2D eigenvalue weighted by Crippen LogP contribution is 2.21. The number of ether oxygens (including phenoxy) is 1. The molecule has 0 saturated heterocycles. The number of carbonyl (C=O) groups is 1. The molecule has 0 radical (unpaired) electrons. The van der Waals surface area contributed by atoms with Crippen molar-refractivity contribution < 1.29 is 23.7 Å². The van der Waals surface area contributed by atoms with Gasteiger partial charge in [0.15, 0.2) is 11.5 Å². The topological polar surface area (TPSA) is 95.5 Å². The normalized spacial score (nSPS) is 11.9. The standard InChI is InChI=1S/C23H23N3O5/c1-15-9-8-12-18(22(26-29-4)23(27)28-3)19(15)14-30-24-16(2)20-13-21(31-25-20)17-10-6-5-7-11-17/h5-13H,14H2,1-4H3/b24-16+,26-22+. The van der Waals surface area contributed by atoms with Crippen LogP contribution in [0, 0.1) is 6.92 Å². The summed E-state index contributed by atoms with van der Waals surface area (Å²) in [6.07, 6.45) is 0. The highest BCUT2D eigenvalue weighted by molar-refractivity contribution is 6.43. The van der Waals surface area contributed by atoms with Gasteiger partial charge in [-0.3, -0.25) is 0 Å². The van der Waals surface area contributed by atoms with E-state index in [0.29, 0.717) is 22.7 Å². The average molecular weight is 421 g/mol. The first-order valence-electron chi connectivity index (χ1n) is 9.52. The number of benzene rings is 2. The first-order valence-corrected chi connectivity index (χ1v) is 9.52. The van der Waals surface area contributed by atoms with Crippen molar-refractivity contribution in [1.82, 2.24) is 5.16 Å². The Hall–Kier alpha value is -3.94. The van der Waals surface area contributed by atoms with Gasteiger partial charge in [0, 0.05) is 22.8 Å². The van der Waals surface area contributed by atoms with Crippen LogP contribution in [0.4, 0.5) is 0 Å². The van der Waals surface area contributed by atoms with Gasteiger partial charge in [-0.15, -0.1) is 0 Å². The molecule has 31 heavy (non-hydrogen) atoms. The van der Waals surface area contributed by atoms with Crippen LogP contribution in [0.25, 0.3) is 11.3 Å². The van der Waals surface area contributed by atoms with Crippen LogP contribution in [0.2, 0.25) is 0 Å². The van der Waals surface area contributed by atoms with E-state index in [1.807, 2.05) is 49.4 Å². The molecule has 3 aromatic rings. The van der Waals surface area contributed by atoms with Crippen molar-refractivity contribution in [3.63, 3.8) is 0 Å². The molecule has 160 valence electrons. The van der Waals surface area contributed by atoms with Gasteiger partial charge in [-0.05, 0) is 19.4 Å². The molecule has 1 heterocycles. The van der Waals surface area contributed by atoms with Crippen molar-refractivity contribution in [3.05, 3.63) is 77.0 Å². The molecule has 3 rings (SSSR count). The lowest BCUT2D eigenvalue weighted by atomic mass is 9.99. The van der Waals surface area contributed by atoms with E-state index in [1.54, 1.807) is 19.1 Å². The van der Waals surface area contributed by atoms with Crippen LogP contribution in [0.3, 0.4) is 0 Å². The SMILES string of the molecule is CO/N=C(/C(=O)OC)c1cccc(C)c1CO/N=C(\C)c1cc(-c2ccccc2)on1. The largest absolute Gasteiger partial charge is 0.464 e. The molecule has 1 aromatic heterocycles. The molecule has 0 aliphatic heterocycles. The Morgan fingerprint density at radius 2 is 1.84 bits per heavy atom. The van der Waals surface area contributed by atoms with Gasteiger partial charge in [-0.1, -0.05) is 64.0 Å². The number of aromatic nitrogens is 1. The van der Waals surface area contributed by atoms with Crippen molar-refractivity contribution in [1.29, 1.82) is 0 Å². The van der Waals surface area contributed by atoms with Crippen molar-refractivity contribution in [2.45, 2.75) is 20.5 Å². The molecule has 0 unspecified atom stereocenters. The quantitative estimate of drug-likeness (QED) is 0.308. The number of carbonyl (C=O) groups excluding carboxylic acids is 1. The zero-order chi connectivity index (χ0) is 22.2. The zero-order valence-corrected chi connectivity index (χ0v) is 17.8. The Kier molecular flexibility index (Phi) is 7.16. The fourth-order valence-electron chi connectivity index (χ4n) is 2.92. The zero-order valence-electron chi connectivity index (χ0n) is 17.8. The molecule has 0 aliphatic carbocycles. The van der Waals surface area contributed by atoms with E-state index in [0.717, 1.165) is 16.7 Å². The second-order valence-corrected chi connectivity index (χ2v) is 6.61. The van der Waals surface area contributed by atoms with Crippen LogP contribution in [-0.2, 0) is 25.8 Å². The minimum Gasteiger partial charge on any atom is -0.464 e. The summed E-state index contributed by atoms with van der Waals surface area (Å²) in [5.74, 6) is 0.0363. The Bertz CT molecular complexity index is 1100. The summed E-state index contributed by atoms with van der Waals surface area (Å²) in [5, 5.41) is 12.0. The van der Waals surface area contributed by atoms with Gasteiger partial charge >= 0.3 is 5.97 Å². The van der Waals surface area contributed by atoms with Crippen molar-refractivity contribution >= 4 is 17.4 Å². The fraction of sp³-hybridized carbons (Fsp3) is 0.217. The van der Waals surface area contributed by atoms with E-state index < -0.39 is 5.97 Å². The second-order valence-electron chi connectivity index (χ2n) is 6.61. The van der Waals surface area contributed by atoms with Gasteiger partial charge in [-0.25, -0.2) is 4.79 Å². The lowest BCUT2D eigenvalue weighted by Crippen LogP contribution is -2.20. The van der Waals surface area contributed by atoms with Crippen molar-refractivity contribution in [2.24, 2.45) is 10.3 Å². The number of hydrogen-bond acceptors (Lipinski definition) is 8. The number of rotatable bonds is 8. The van der Waals surface area contributed by atoms with Crippen LogP contribution in [0.1, 0.15) is 29.3 Å². The van der Waals surface area contributed by atoms with Crippen molar-refractivity contribution in [2.75, 3.05) is 14.2 Å². The summed E-state index contributed by atoms with van der Waals surface area (Å²) in [5.41, 5.74) is 4.30. The fourth-order valence-corrected chi connectivity index (χ4v) is 2.92. The summed E-state index contributed by atoms with van der Waals surface area (Å²) in [6, 6.07) is 16.9. The van der Waals surface area contributed by atoms with Crippen LogP contribution in [0.5, 0.6) is 0 Å². The van der Waals surface area contributed by atoms with E-state index in [9.17, 15) is 4.79 Å². The van der Waals surface area contributed by atoms with Crippen LogP contribution >= 0.6 is 0 Å². The average Bonchev–Trinajstić information content (AvgIpc) is 3.29. The van der Waals surface area contributed by atoms with E-state index in [-0.39, 0.29) is 12.3 Å². The van der Waals surface area contributed by atoms with Gasteiger partial charge in [0.2, 0.25) is 0 Å². The summed E-state index contributed by atoms with van der Waals surface area (Å²) in [7, 11) is 2.65. The lowest BCUT2D eigenvalue weighted by Gasteiger charge is -2.12. The minimum atomic E-state index is -0.607. The Labute approximate surface area is 180 Å². The maximum Gasteiger partial charge on any atom is 0.360 e. The molecule has 0 aliphatic rings. The molecule has 2 aromatic carbocycles. The van der Waals surface area contributed by atoms with E-state index in [4.69, 9.17) is 18.9 Å². The van der Waals surface area contributed by atoms with Gasteiger partial charge in [0.1, 0.15) is 25.1 Å². The molecular formula is C23H23N3O5. The first kappa shape index (κ1) is 21.8. The molecule has 0 fully saturated rings. The van der Waals surface area contributed by atoms with Gasteiger partial charge in [0.25, 0.3) is 0 Å². The molecular weight excluding hydrogens is 398 g/mol. The van der Waals surface area contributed by atoms with E-state index in [1.165, 1.54) is 14.2 Å². The minimum absolute atomic E-state index is 0.0528. The Morgan fingerprint density at radius 3 is 2.55 bits per heavy atom. The third-order valence-electron chi connectivity index (χ3n) is 4.58. The van der Waals surface area contributed by atoms with Crippen molar-refractivity contribution in [3.8, 4) is 11.3 Å². The number of esters is 1. The number of methoxy groups -OCH3 is 1. The molecule has 0 amide bonds. The van der Waals surface area contributed by atoms with E-state index in [2.05, 4.69) is 15.5 Å². The summed E-state index contributed by atoms with van der Waals surface area (Å²) in [6.45, 7) is 3.80. The smallest absolute Gasteiger partial charge is 0.360 e. The Balaban J connectivity index is 1.79. The van der Waals surface area contributed by atoms with E-state index >= 15 is 0 Å². The third kappa shape index (κ3) is 5.16. The third-order valence-corrected chi connectivity index (χ3v) is 4.58. The summed E-state index contributed by atoms with van der Waals surface area (Å²) in [4.78, 5) is 22.5. The summed E-state index contributed by atoms with van der Waals surface area (Å²) < 4.78 is 10.2. The van der Waals surface area contributed by atoms with Crippen LogP contribution in [-0.4, -0.2) is 36.8 Å². The molecule has 0 spiro atoms.